The smallest absolute Gasteiger partial charge is 0.0357 e. The summed E-state index contributed by atoms with van der Waals surface area (Å²) in [6.45, 7) is 2.38. The van der Waals surface area contributed by atoms with Gasteiger partial charge in [-0.05, 0) is 37.0 Å². The zero-order chi connectivity index (χ0) is 4.85. The molecular formula is C7H12. The van der Waals surface area contributed by atoms with Gasteiger partial charge in [0, 0.05) is 0 Å². The van der Waals surface area contributed by atoms with Crippen molar-refractivity contribution in [1.82, 2.24) is 0 Å². The maximum atomic E-state index is 2.38. The zero-order valence-electron chi connectivity index (χ0n) is 4.85. The summed E-state index contributed by atoms with van der Waals surface area (Å²) in [5.74, 6) is 3.47. The molecule has 0 saturated heterocycles. The summed E-state index contributed by atoms with van der Waals surface area (Å²) in [6, 6.07) is 0. The van der Waals surface area contributed by atoms with Crippen molar-refractivity contribution < 1.29 is 0 Å². The Bertz CT molecular complexity index is 82.0. The Morgan fingerprint density at radius 1 is 1.29 bits per heavy atom. The van der Waals surface area contributed by atoms with Crippen LogP contribution in [0.25, 0.3) is 0 Å². The highest BCUT2D eigenvalue weighted by molar-refractivity contribution is 4.94. The van der Waals surface area contributed by atoms with Crippen LogP contribution in [-0.2, 0) is 0 Å². The van der Waals surface area contributed by atoms with Crippen LogP contribution >= 0.6 is 0 Å². The SMILES string of the molecule is C[C@@H]1C[C@@H]1C1CC1. The first-order valence-electron chi connectivity index (χ1n) is 3.38. The zero-order valence-corrected chi connectivity index (χ0v) is 4.85. The lowest BCUT2D eigenvalue weighted by atomic mass is 10.2. The van der Waals surface area contributed by atoms with E-state index in [9.17, 15) is 0 Å². The third-order valence-electron chi connectivity index (χ3n) is 2.40. The van der Waals surface area contributed by atoms with Crippen LogP contribution < -0.4 is 0 Å². The molecule has 0 heteroatoms. The van der Waals surface area contributed by atoms with Gasteiger partial charge in [0.25, 0.3) is 0 Å². The molecule has 0 bridgehead atoms. The average Bonchev–Trinajstić information content (AvgIpc) is 2.23. The fourth-order valence-corrected chi connectivity index (χ4v) is 1.53. The molecule has 2 aliphatic rings. The van der Waals surface area contributed by atoms with Crippen molar-refractivity contribution in [3.05, 3.63) is 0 Å². The summed E-state index contributed by atoms with van der Waals surface area (Å²) in [6.07, 6.45) is 4.65. The minimum atomic E-state index is 1.10. The molecule has 0 radical (unpaired) electrons. The molecule has 2 fully saturated rings. The van der Waals surface area contributed by atoms with Crippen LogP contribution in [0.1, 0.15) is 26.2 Å². The van der Waals surface area contributed by atoms with Gasteiger partial charge in [-0.15, -0.1) is 0 Å². The van der Waals surface area contributed by atoms with E-state index in [1.165, 1.54) is 11.8 Å². The summed E-state index contributed by atoms with van der Waals surface area (Å²) in [5, 5.41) is 0. The molecule has 0 unspecified atom stereocenters. The minimum Gasteiger partial charge on any atom is -0.0622 e. The van der Waals surface area contributed by atoms with Crippen molar-refractivity contribution >= 4 is 0 Å². The number of hydrogen-bond acceptors (Lipinski definition) is 0. The van der Waals surface area contributed by atoms with Gasteiger partial charge in [0.15, 0.2) is 0 Å². The quantitative estimate of drug-likeness (QED) is 0.468. The molecule has 2 rings (SSSR count). The highest BCUT2D eigenvalue weighted by atomic mass is 14.5. The van der Waals surface area contributed by atoms with Crippen molar-refractivity contribution in [2.45, 2.75) is 26.2 Å². The molecule has 2 saturated carbocycles. The van der Waals surface area contributed by atoms with Crippen molar-refractivity contribution in [3.8, 4) is 0 Å². The van der Waals surface area contributed by atoms with Gasteiger partial charge in [0.2, 0.25) is 0 Å². The van der Waals surface area contributed by atoms with Gasteiger partial charge in [0.1, 0.15) is 0 Å². The second-order valence-corrected chi connectivity index (χ2v) is 3.21. The highest BCUT2D eigenvalue weighted by Gasteiger charge is 2.44. The summed E-state index contributed by atoms with van der Waals surface area (Å²) in [5.41, 5.74) is 0. The molecular weight excluding hydrogens is 84.1 g/mol. The van der Waals surface area contributed by atoms with E-state index in [4.69, 9.17) is 0 Å². The molecule has 0 aliphatic heterocycles. The first-order valence-corrected chi connectivity index (χ1v) is 3.38. The van der Waals surface area contributed by atoms with Crippen LogP contribution in [0.2, 0.25) is 0 Å². The van der Waals surface area contributed by atoms with Gasteiger partial charge in [-0.3, -0.25) is 0 Å². The third-order valence-corrected chi connectivity index (χ3v) is 2.40. The maximum Gasteiger partial charge on any atom is -0.0357 e. The van der Waals surface area contributed by atoms with Crippen LogP contribution in [0.15, 0.2) is 0 Å². The normalized spacial score (nSPS) is 49.3. The lowest BCUT2D eigenvalue weighted by Gasteiger charge is -1.83. The second kappa shape index (κ2) is 1.04. The molecule has 0 N–H and O–H groups in total. The second-order valence-electron chi connectivity index (χ2n) is 3.21. The first kappa shape index (κ1) is 3.94. The van der Waals surface area contributed by atoms with E-state index in [2.05, 4.69) is 6.92 Å². The molecule has 0 amide bonds. The largest absolute Gasteiger partial charge is 0.0622 e. The molecule has 0 aromatic rings. The molecule has 0 heterocycles. The number of hydrogen-bond donors (Lipinski definition) is 0. The van der Waals surface area contributed by atoms with Crippen molar-refractivity contribution in [2.24, 2.45) is 17.8 Å². The molecule has 2 atom stereocenters. The lowest BCUT2D eigenvalue weighted by Crippen LogP contribution is -1.77. The Balaban J connectivity index is 1.88. The van der Waals surface area contributed by atoms with E-state index in [0.29, 0.717) is 0 Å². The van der Waals surface area contributed by atoms with Gasteiger partial charge in [-0.1, -0.05) is 6.92 Å². The van der Waals surface area contributed by atoms with E-state index >= 15 is 0 Å². The fraction of sp³-hybridized carbons (Fsp3) is 1.00. The van der Waals surface area contributed by atoms with Crippen LogP contribution in [-0.4, -0.2) is 0 Å². The van der Waals surface area contributed by atoms with Crippen LogP contribution in [0.5, 0.6) is 0 Å². The van der Waals surface area contributed by atoms with Crippen LogP contribution in [0, 0.1) is 17.8 Å². The molecule has 0 aromatic heterocycles. The van der Waals surface area contributed by atoms with E-state index in [0.717, 1.165) is 5.92 Å². The van der Waals surface area contributed by atoms with E-state index in [1.54, 1.807) is 19.3 Å². The maximum absolute atomic E-state index is 2.38. The van der Waals surface area contributed by atoms with Gasteiger partial charge >= 0.3 is 0 Å². The van der Waals surface area contributed by atoms with E-state index in [1.807, 2.05) is 0 Å². The fourth-order valence-electron chi connectivity index (χ4n) is 1.53. The van der Waals surface area contributed by atoms with Gasteiger partial charge in [-0.2, -0.15) is 0 Å². The Hall–Kier alpha value is 0. The van der Waals surface area contributed by atoms with Crippen LogP contribution in [0.4, 0.5) is 0 Å². The Morgan fingerprint density at radius 2 is 1.86 bits per heavy atom. The molecule has 0 nitrogen and oxygen atoms in total. The third kappa shape index (κ3) is 0.568. The molecule has 40 valence electrons. The molecule has 7 heavy (non-hydrogen) atoms. The minimum absolute atomic E-state index is 1.10. The standard InChI is InChI=1S/C7H12/c1-5-4-7(5)6-2-3-6/h5-7H,2-4H2,1H3/t5-,7+/m1/s1. The summed E-state index contributed by atoms with van der Waals surface area (Å²) in [7, 11) is 0. The predicted molar refractivity (Wildman–Crippen MR) is 30.0 cm³/mol. The topological polar surface area (TPSA) is 0 Å². The van der Waals surface area contributed by atoms with E-state index in [-0.39, 0.29) is 0 Å². The van der Waals surface area contributed by atoms with Crippen LogP contribution in [0.3, 0.4) is 0 Å². The summed E-state index contributed by atoms with van der Waals surface area (Å²) in [4.78, 5) is 0. The first-order chi connectivity index (χ1) is 3.38. The average molecular weight is 96.2 g/mol. The van der Waals surface area contributed by atoms with E-state index < -0.39 is 0 Å². The molecule has 2 aliphatic carbocycles. The van der Waals surface area contributed by atoms with Gasteiger partial charge in [-0.25, -0.2) is 0 Å². The van der Waals surface area contributed by atoms with Gasteiger partial charge < -0.3 is 0 Å². The summed E-state index contributed by atoms with van der Waals surface area (Å²) >= 11 is 0. The highest BCUT2D eigenvalue weighted by Crippen LogP contribution is 2.53. The summed E-state index contributed by atoms with van der Waals surface area (Å²) < 4.78 is 0. The molecule has 0 aromatic carbocycles. The van der Waals surface area contributed by atoms with Crippen molar-refractivity contribution in [2.75, 3.05) is 0 Å². The Kier molecular flexibility index (Phi) is 0.586. The number of rotatable bonds is 1. The Morgan fingerprint density at radius 3 is 2.00 bits per heavy atom. The van der Waals surface area contributed by atoms with Crippen molar-refractivity contribution in [1.29, 1.82) is 0 Å². The monoisotopic (exact) mass is 96.1 g/mol. The molecule has 0 spiro atoms. The van der Waals surface area contributed by atoms with Gasteiger partial charge in [0.05, 0.1) is 0 Å². The Labute approximate surface area is 44.9 Å². The predicted octanol–water partition coefficient (Wildman–Crippen LogP) is 2.05. The lowest BCUT2D eigenvalue weighted by molar-refractivity contribution is 0.658. The van der Waals surface area contributed by atoms with Crippen molar-refractivity contribution in [3.63, 3.8) is 0 Å².